The van der Waals surface area contributed by atoms with Gasteiger partial charge in [0.2, 0.25) is 5.91 Å². The van der Waals surface area contributed by atoms with Gasteiger partial charge in [0.15, 0.2) is 0 Å². The number of ether oxygens (including phenoxy) is 1. The molecular weight excluding hydrogens is 216 g/mol. The fourth-order valence-corrected chi connectivity index (χ4v) is 1.48. The lowest BCUT2D eigenvalue weighted by molar-refractivity contribution is -0.122. The summed E-state index contributed by atoms with van der Waals surface area (Å²) in [7, 11) is 0. The molecule has 0 spiro atoms. The summed E-state index contributed by atoms with van der Waals surface area (Å²) in [4.78, 5) is 11.6. The molecule has 17 heavy (non-hydrogen) atoms. The normalized spacial score (nSPS) is 12.1. The molecule has 0 unspecified atom stereocenters. The Morgan fingerprint density at radius 2 is 2.12 bits per heavy atom. The van der Waals surface area contributed by atoms with Gasteiger partial charge >= 0.3 is 0 Å². The number of benzene rings is 1. The summed E-state index contributed by atoms with van der Waals surface area (Å²) in [5, 5.41) is 2.75. The molecule has 4 heteroatoms. The molecule has 3 N–H and O–H groups in total. The van der Waals surface area contributed by atoms with E-state index in [-0.39, 0.29) is 5.91 Å². The van der Waals surface area contributed by atoms with Gasteiger partial charge in [-0.15, -0.1) is 0 Å². The van der Waals surface area contributed by atoms with E-state index in [1.54, 1.807) is 0 Å². The van der Waals surface area contributed by atoms with Crippen molar-refractivity contribution in [3.8, 4) is 0 Å². The first-order chi connectivity index (χ1) is 8.24. The van der Waals surface area contributed by atoms with E-state index in [4.69, 9.17) is 10.5 Å². The Balaban J connectivity index is 2.27. The highest BCUT2D eigenvalue weighted by atomic mass is 16.5. The smallest absolute Gasteiger partial charge is 0.237 e. The zero-order chi connectivity index (χ0) is 12.5. The third-order valence-electron chi connectivity index (χ3n) is 2.38. The summed E-state index contributed by atoms with van der Waals surface area (Å²) < 4.78 is 5.13. The lowest BCUT2D eigenvalue weighted by atomic mass is 10.1. The van der Waals surface area contributed by atoms with Crippen molar-refractivity contribution in [3.05, 3.63) is 35.9 Å². The molecule has 94 valence electrons. The summed E-state index contributed by atoms with van der Waals surface area (Å²) in [5.41, 5.74) is 6.88. The molecule has 1 amide bonds. The molecule has 0 heterocycles. The molecular formula is C13H20N2O2. The van der Waals surface area contributed by atoms with Gasteiger partial charge in [-0.2, -0.15) is 0 Å². The molecule has 0 saturated heterocycles. The van der Waals surface area contributed by atoms with Crippen LogP contribution in [0, 0.1) is 0 Å². The predicted molar refractivity (Wildman–Crippen MR) is 67.6 cm³/mol. The molecule has 0 aliphatic rings. The zero-order valence-electron chi connectivity index (χ0n) is 10.2. The molecule has 1 atom stereocenters. The largest absolute Gasteiger partial charge is 0.380 e. The average Bonchev–Trinajstić information content (AvgIpc) is 2.35. The molecule has 0 aliphatic carbocycles. The number of hydrogen-bond donors (Lipinski definition) is 2. The van der Waals surface area contributed by atoms with Gasteiger partial charge in [-0.1, -0.05) is 30.3 Å². The number of amides is 1. The second kappa shape index (κ2) is 7.81. The van der Waals surface area contributed by atoms with E-state index in [2.05, 4.69) is 5.32 Å². The minimum absolute atomic E-state index is 0.131. The summed E-state index contributed by atoms with van der Waals surface area (Å²) in [6, 6.07) is 9.25. The molecule has 1 aromatic rings. The molecule has 1 rings (SSSR count). The molecule has 0 fully saturated rings. The Bertz CT molecular complexity index is 327. The predicted octanol–water partition coefficient (Wildman–Crippen LogP) is 0.709. The molecule has 0 aromatic heterocycles. The van der Waals surface area contributed by atoms with Crippen LogP contribution in [-0.4, -0.2) is 31.7 Å². The fraction of sp³-hybridized carbons (Fsp3) is 0.462. The van der Waals surface area contributed by atoms with Crippen LogP contribution in [0.1, 0.15) is 12.5 Å². The minimum atomic E-state index is -0.501. The Kier molecular flexibility index (Phi) is 6.29. The van der Waals surface area contributed by atoms with E-state index in [0.29, 0.717) is 26.2 Å². The standard InChI is InChI=1S/C13H20N2O2/c1-2-17-9-8-15-13(16)12(14)10-11-6-4-3-5-7-11/h3-7,12H,2,8-10,14H2,1H3,(H,15,16)/t12-/m1/s1. The minimum Gasteiger partial charge on any atom is -0.380 e. The first-order valence-electron chi connectivity index (χ1n) is 5.89. The van der Waals surface area contributed by atoms with Gasteiger partial charge in [0, 0.05) is 13.2 Å². The van der Waals surface area contributed by atoms with Gasteiger partial charge in [0.25, 0.3) is 0 Å². The van der Waals surface area contributed by atoms with E-state index in [9.17, 15) is 4.79 Å². The van der Waals surface area contributed by atoms with E-state index < -0.39 is 6.04 Å². The zero-order valence-corrected chi connectivity index (χ0v) is 10.2. The van der Waals surface area contributed by atoms with Crippen molar-refractivity contribution >= 4 is 5.91 Å². The summed E-state index contributed by atoms with van der Waals surface area (Å²) in [6.45, 7) is 3.62. The number of nitrogens with one attached hydrogen (secondary N) is 1. The maximum atomic E-state index is 11.6. The highest BCUT2D eigenvalue weighted by Crippen LogP contribution is 2.01. The average molecular weight is 236 g/mol. The number of carbonyl (C=O) groups excluding carboxylic acids is 1. The van der Waals surface area contributed by atoms with Crippen LogP contribution in [-0.2, 0) is 16.0 Å². The van der Waals surface area contributed by atoms with Gasteiger partial charge < -0.3 is 15.8 Å². The lowest BCUT2D eigenvalue weighted by Gasteiger charge is -2.12. The first kappa shape index (κ1) is 13.7. The van der Waals surface area contributed by atoms with E-state index in [1.807, 2.05) is 37.3 Å². The number of nitrogens with two attached hydrogens (primary N) is 1. The lowest BCUT2D eigenvalue weighted by Crippen LogP contribution is -2.43. The van der Waals surface area contributed by atoms with Crippen LogP contribution in [0.5, 0.6) is 0 Å². The summed E-state index contributed by atoms with van der Waals surface area (Å²) in [5.74, 6) is -0.131. The van der Waals surface area contributed by atoms with Crippen LogP contribution < -0.4 is 11.1 Å². The SMILES string of the molecule is CCOCCNC(=O)[C@H](N)Cc1ccccc1. The molecule has 0 aliphatic heterocycles. The van der Waals surface area contributed by atoms with Crippen LogP contribution in [0.15, 0.2) is 30.3 Å². The quantitative estimate of drug-likeness (QED) is 0.685. The highest BCUT2D eigenvalue weighted by Gasteiger charge is 2.12. The number of hydrogen-bond acceptors (Lipinski definition) is 3. The van der Waals surface area contributed by atoms with Crippen molar-refractivity contribution in [1.82, 2.24) is 5.32 Å². The van der Waals surface area contributed by atoms with Gasteiger partial charge in [-0.25, -0.2) is 0 Å². The Hall–Kier alpha value is -1.39. The van der Waals surface area contributed by atoms with Crippen LogP contribution in [0.4, 0.5) is 0 Å². The summed E-state index contributed by atoms with van der Waals surface area (Å²) in [6.07, 6.45) is 0.557. The van der Waals surface area contributed by atoms with Crippen molar-refractivity contribution < 1.29 is 9.53 Å². The number of carbonyl (C=O) groups is 1. The van der Waals surface area contributed by atoms with Crippen LogP contribution in [0.3, 0.4) is 0 Å². The van der Waals surface area contributed by atoms with Crippen molar-refractivity contribution in [2.45, 2.75) is 19.4 Å². The molecule has 0 radical (unpaired) electrons. The molecule has 0 bridgehead atoms. The van der Waals surface area contributed by atoms with Crippen molar-refractivity contribution in [1.29, 1.82) is 0 Å². The first-order valence-corrected chi connectivity index (χ1v) is 5.89. The monoisotopic (exact) mass is 236 g/mol. The van der Waals surface area contributed by atoms with Gasteiger partial charge in [0.1, 0.15) is 0 Å². The molecule has 1 aromatic carbocycles. The second-order valence-electron chi connectivity index (χ2n) is 3.78. The maximum absolute atomic E-state index is 11.6. The van der Waals surface area contributed by atoms with Gasteiger partial charge in [-0.05, 0) is 18.9 Å². The summed E-state index contributed by atoms with van der Waals surface area (Å²) >= 11 is 0. The Morgan fingerprint density at radius 3 is 2.76 bits per heavy atom. The van der Waals surface area contributed by atoms with Crippen LogP contribution in [0.2, 0.25) is 0 Å². The van der Waals surface area contributed by atoms with E-state index in [0.717, 1.165) is 5.56 Å². The van der Waals surface area contributed by atoms with Crippen LogP contribution >= 0.6 is 0 Å². The Labute approximate surface area is 102 Å². The molecule has 4 nitrogen and oxygen atoms in total. The second-order valence-corrected chi connectivity index (χ2v) is 3.78. The number of rotatable bonds is 7. The highest BCUT2D eigenvalue weighted by molar-refractivity contribution is 5.81. The fourth-order valence-electron chi connectivity index (χ4n) is 1.48. The topological polar surface area (TPSA) is 64.3 Å². The van der Waals surface area contributed by atoms with Crippen molar-refractivity contribution in [2.75, 3.05) is 19.8 Å². The van der Waals surface area contributed by atoms with Crippen molar-refractivity contribution in [2.24, 2.45) is 5.73 Å². The van der Waals surface area contributed by atoms with Gasteiger partial charge in [0.05, 0.1) is 12.6 Å². The van der Waals surface area contributed by atoms with Gasteiger partial charge in [-0.3, -0.25) is 4.79 Å². The van der Waals surface area contributed by atoms with Crippen molar-refractivity contribution in [3.63, 3.8) is 0 Å². The van der Waals surface area contributed by atoms with E-state index in [1.165, 1.54) is 0 Å². The maximum Gasteiger partial charge on any atom is 0.237 e. The third-order valence-corrected chi connectivity index (χ3v) is 2.38. The third kappa shape index (κ3) is 5.47. The van der Waals surface area contributed by atoms with Crippen LogP contribution in [0.25, 0.3) is 0 Å². The Morgan fingerprint density at radius 1 is 1.41 bits per heavy atom. The van der Waals surface area contributed by atoms with E-state index >= 15 is 0 Å². The molecule has 0 saturated carbocycles.